The van der Waals surface area contributed by atoms with Crippen molar-refractivity contribution in [2.24, 2.45) is 0 Å². The molecule has 0 unspecified atom stereocenters. The van der Waals surface area contributed by atoms with Gasteiger partial charge in [-0.2, -0.15) is 0 Å². The van der Waals surface area contributed by atoms with Crippen molar-refractivity contribution in [2.45, 2.75) is 31.2 Å². The minimum atomic E-state index is -0.822. The molecule has 16 heavy (non-hydrogen) atoms. The van der Waals surface area contributed by atoms with Crippen molar-refractivity contribution in [2.75, 3.05) is 18.1 Å². The summed E-state index contributed by atoms with van der Waals surface area (Å²) in [5.41, 5.74) is -0.195. The molecule has 0 aliphatic carbocycles. The van der Waals surface area contributed by atoms with E-state index in [1.165, 1.54) is 11.8 Å². The smallest absolute Gasteiger partial charge is 0.189 e. The van der Waals surface area contributed by atoms with Gasteiger partial charge < -0.3 is 15.5 Å². The zero-order valence-electron chi connectivity index (χ0n) is 9.69. The van der Waals surface area contributed by atoms with Crippen LogP contribution in [0, 0.1) is 0 Å². The topological polar surface area (TPSA) is 78.3 Å². The number of anilines is 1. The van der Waals surface area contributed by atoms with E-state index in [4.69, 9.17) is 5.11 Å². The van der Waals surface area contributed by atoms with Crippen LogP contribution >= 0.6 is 11.8 Å². The number of aromatic nitrogens is 2. The SMILES string of the molecule is CSc1ncc(CO)c(NCC(C)(C)O)n1. The molecule has 90 valence electrons. The molecule has 6 heteroatoms. The van der Waals surface area contributed by atoms with Crippen molar-refractivity contribution in [3.05, 3.63) is 11.8 Å². The van der Waals surface area contributed by atoms with Gasteiger partial charge in [0.1, 0.15) is 5.82 Å². The summed E-state index contributed by atoms with van der Waals surface area (Å²) >= 11 is 1.43. The minimum absolute atomic E-state index is 0.122. The molecule has 1 aromatic rings. The van der Waals surface area contributed by atoms with E-state index in [-0.39, 0.29) is 6.61 Å². The van der Waals surface area contributed by atoms with Crippen molar-refractivity contribution in [3.63, 3.8) is 0 Å². The number of hydrogen-bond donors (Lipinski definition) is 3. The molecule has 0 aliphatic heterocycles. The molecule has 0 aliphatic rings. The molecule has 5 nitrogen and oxygen atoms in total. The predicted molar refractivity (Wildman–Crippen MR) is 64.5 cm³/mol. The number of aliphatic hydroxyl groups is 2. The highest BCUT2D eigenvalue weighted by Gasteiger charge is 2.14. The van der Waals surface area contributed by atoms with Crippen LogP contribution in [0.5, 0.6) is 0 Å². The third kappa shape index (κ3) is 3.96. The molecule has 1 heterocycles. The average Bonchev–Trinajstić information content (AvgIpc) is 2.25. The van der Waals surface area contributed by atoms with E-state index >= 15 is 0 Å². The van der Waals surface area contributed by atoms with Crippen molar-refractivity contribution >= 4 is 17.6 Å². The lowest BCUT2D eigenvalue weighted by Gasteiger charge is -2.19. The van der Waals surface area contributed by atoms with Gasteiger partial charge in [-0.25, -0.2) is 9.97 Å². The third-order valence-corrected chi connectivity index (χ3v) is 2.45. The van der Waals surface area contributed by atoms with Crippen LogP contribution in [0.2, 0.25) is 0 Å². The van der Waals surface area contributed by atoms with Gasteiger partial charge in [-0.05, 0) is 20.1 Å². The van der Waals surface area contributed by atoms with Crippen LogP contribution in [0.1, 0.15) is 19.4 Å². The van der Waals surface area contributed by atoms with Crippen LogP contribution in [0.15, 0.2) is 11.4 Å². The lowest BCUT2D eigenvalue weighted by atomic mass is 10.1. The summed E-state index contributed by atoms with van der Waals surface area (Å²) in [5.74, 6) is 0.573. The van der Waals surface area contributed by atoms with E-state index in [9.17, 15) is 5.11 Å². The molecule has 0 radical (unpaired) electrons. The summed E-state index contributed by atoms with van der Waals surface area (Å²) < 4.78 is 0. The summed E-state index contributed by atoms with van der Waals surface area (Å²) in [4.78, 5) is 8.30. The summed E-state index contributed by atoms with van der Waals surface area (Å²) in [5, 5.41) is 22.4. The van der Waals surface area contributed by atoms with E-state index in [2.05, 4.69) is 15.3 Å². The molecular weight excluding hydrogens is 226 g/mol. The van der Waals surface area contributed by atoms with Gasteiger partial charge in [0.15, 0.2) is 5.16 Å². The van der Waals surface area contributed by atoms with Crippen LogP contribution < -0.4 is 5.32 Å². The maximum absolute atomic E-state index is 9.60. The van der Waals surface area contributed by atoms with Gasteiger partial charge >= 0.3 is 0 Å². The lowest BCUT2D eigenvalue weighted by Crippen LogP contribution is -2.30. The number of hydrogen-bond acceptors (Lipinski definition) is 6. The average molecular weight is 243 g/mol. The van der Waals surface area contributed by atoms with Gasteiger partial charge in [0.2, 0.25) is 0 Å². The zero-order valence-corrected chi connectivity index (χ0v) is 10.5. The van der Waals surface area contributed by atoms with Gasteiger partial charge in [-0.3, -0.25) is 0 Å². The number of aliphatic hydroxyl groups excluding tert-OH is 1. The summed E-state index contributed by atoms with van der Waals surface area (Å²) in [6.07, 6.45) is 3.47. The van der Waals surface area contributed by atoms with Crippen LogP contribution in [-0.4, -0.2) is 38.6 Å². The molecule has 0 fully saturated rings. The van der Waals surface area contributed by atoms with Crippen molar-refractivity contribution in [1.82, 2.24) is 9.97 Å². The second-order valence-corrected chi connectivity index (χ2v) is 4.83. The first-order valence-corrected chi connectivity index (χ1v) is 6.16. The van der Waals surface area contributed by atoms with Crippen LogP contribution in [0.25, 0.3) is 0 Å². The number of rotatable bonds is 5. The van der Waals surface area contributed by atoms with Crippen LogP contribution in [0.4, 0.5) is 5.82 Å². The van der Waals surface area contributed by atoms with Gasteiger partial charge in [-0.15, -0.1) is 0 Å². The highest BCUT2D eigenvalue weighted by Crippen LogP contribution is 2.17. The number of thioether (sulfide) groups is 1. The lowest BCUT2D eigenvalue weighted by molar-refractivity contribution is 0.0943. The summed E-state index contributed by atoms with van der Waals surface area (Å²) in [7, 11) is 0. The number of nitrogens with one attached hydrogen (secondary N) is 1. The minimum Gasteiger partial charge on any atom is -0.391 e. The first kappa shape index (κ1) is 13.2. The molecule has 0 saturated carbocycles. The number of nitrogens with zero attached hydrogens (tertiary/aromatic N) is 2. The molecule has 0 amide bonds. The van der Waals surface area contributed by atoms with E-state index in [1.54, 1.807) is 20.0 Å². The molecule has 3 N–H and O–H groups in total. The Morgan fingerprint density at radius 3 is 2.69 bits per heavy atom. The van der Waals surface area contributed by atoms with Crippen molar-refractivity contribution in [3.8, 4) is 0 Å². The van der Waals surface area contributed by atoms with Crippen LogP contribution in [0.3, 0.4) is 0 Å². The fraction of sp³-hybridized carbons (Fsp3) is 0.600. The molecule has 1 aromatic heterocycles. The van der Waals surface area contributed by atoms with Crippen molar-refractivity contribution < 1.29 is 10.2 Å². The third-order valence-electron chi connectivity index (χ3n) is 1.88. The van der Waals surface area contributed by atoms with E-state index in [1.807, 2.05) is 6.26 Å². The molecule has 0 bridgehead atoms. The Kier molecular flexibility index (Phi) is 4.52. The van der Waals surface area contributed by atoms with Gasteiger partial charge in [0.05, 0.1) is 12.2 Å². The summed E-state index contributed by atoms with van der Waals surface area (Å²) in [6.45, 7) is 3.65. The fourth-order valence-corrected chi connectivity index (χ4v) is 1.40. The monoisotopic (exact) mass is 243 g/mol. The highest BCUT2D eigenvalue weighted by atomic mass is 32.2. The Balaban J connectivity index is 2.83. The molecule has 0 spiro atoms. The molecule has 0 saturated heterocycles. The molecule has 0 atom stereocenters. The standard InChI is InChI=1S/C10H17N3O2S/c1-10(2,15)6-12-8-7(5-14)4-11-9(13-8)16-3/h4,14-15H,5-6H2,1-3H3,(H,11,12,13). The second kappa shape index (κ2) is 5.47. The summed E-state index contributed by atoms with van der Waals surface area (Å²) in [6, 6.07) is 0. The normalized spacial score (nSPS) is 11.6. The fourth-order valence-electron chi connectivity index (χ4n) is 1.06. The Bertz CT molecular complexity index is 352. The van der Waals surface area contributed by atoms with Gasteiger partial charge in [0, 0.05) is 18.3 Å². The largest absolute Gasteiger partial charge is 0.391 e. The molecular formula is C10H17N3O2S. The van der Waals surface area contributed by atoms with E-state index < -0.39 is 5.60 Å². The highest BCUT2D eigenvalue weighted by molar-refractivity contribution is 7.98. The second-order valence-electron chi connectivity index (χ2n) is 4.05. The Labute approximate surface area is 99.3 Å². The Morgan fingerprint density at radius 2 is 2.19 bits per heavy atom. The molecule has 0 aromatic carbocycles. The quantitative estimate of drug-likeness (QED) is 0.526. The van der Waals surface area contributed by atoms with Crippen molar-refractivity contribution in [1.29, 1.82) is 0 Å². The van der Waals surface area contributed by atoms with Crippen LogP contribution in [-0.2, 0) is 6.61 Å². The van der Waals surface area contributed by atoms with E-state index in [0.29, 0.717) is 23.1 Å². The van der Waals surface area contributed by atoms with E-state index in [0.717, 1.165) is 0 Å². The predicted octanol–water partition coefficient (Wildman–Crippen LogP) is 0.874. The first-order valence-electron chi connectivity index (χ1n) is 4.93. The Hall–Kier alpha value is -0.850. The zero-order chi connectivity index (χ0) is 12.2. The maximum atomic E-state index is 9.60. The Morgan fingerprint density at radius 1 is 1.50 bits per heavy atom. The first-order chi connectivity index (χ1) is 7.46. The molecule has 1 rings (SSSR count). The van der Waals surface area contributed by atoms with Gasteiger partial charge in [-0.1, -0.05) is 11.8 Å². The van der Waals surface area contributed by atoms with Gasteiger partial charge in [0.25, 0.3) is 0 Å². The maximum Gasteiger partial charge on any atom is 0.189 e.